The first kappa shape index (κ1) is 14.6. The molecule has 0 fully saturated rings. The number of amides is 1. The van der Waals surface area contributed by atoms with E-state index in [2.05, 4.69) is 27.7 Å². The molecule has 0 bridgehead atoms. The number of nitrogens with one attached hydrogen (secondary N) is 2. The Bertz CT molecular complexity index is 365. The molecular formula is C12H22N4O2. The molecular weight excluding hydrogens is 232 g/mol. The summed E-state index contributed by atoms with van der Waals surface area (Å²) in [6, 6.07) is 0.239. The van der Waals surface area contributed by atoms with Crippen LogP contribution < -0.4 is 10.6 Å². The van der Waals surface area contributed by atoms with Crippen molar-refractivity contribution in [2.45, 2.75) is 46.1 Å². The van der Waals surface area contributed by atoms with Crippen molar-refractivity contribution in [1.29, 1.82) is 0 Å². The zero-order chi connectivity index (χ0) is 13.4. The highest BCUT2D eigenvalue weighted by Gasteiger charge is 2.06. The number of hydrogen-bond acceptors (Lipinski definition) is 5. The van der Waals surface area contributed by atoms with Crippen LogP contribution in [0.4, 0.5) is 0 Å². The molecule has 2 N–H and O–H groups in total. The maximum absolute atomic E-state index is 11.5. The van der Waals surface area contributed by atoms with Crippen molar-refractivity contribution in [3.8, 4) is 0 Å². The first-order chi connectivity index (χ1) is 8.61. The first-order valence-corrected chi connectivity index (χ1v) is 6.41. The van der Waals surface area contributed by atoms with Gasteiger partial charge in [-0.1, -0.05) is 18.5 Å². The summed E-state index contributed by atoms with van der Waals surface area (Å²) in [7, 11) is 0. The molecule has 0 saturated carbocycles. The van der Waals surface area contributed by atoms with Gasteiger partial charge in [-0.15, -0.1) is 0 Å². The Balaban J connectivity index is 2.08. The molecule has 0 radical (unpaired) electrons. The predicted molar refractivity (Wildman–Crippen MR) is 68.1 cm³/mol. The summed E-state index contributed by atoms with van der Waals surface area (Å²) in [5.41, 5.74) is 0. The summed E-state index contributed by atoms with van der Waals surface area (Å²) >= 11 is 0. The second-order valence-corrected chi connectivity index (χ2v) is 4.42. The standard InChI is InChI=1S/C12H22N4O2/c1-4-5-9(2)14-11(17)8-13-7-6-12-15-10(3)16-18-12/h9,13H,4-8H2,1-3H3,(H,14,17). The van der Waals surface area contributed by atoms with Crippen LogP contribution in [-0.4, -0.2) is 35.2 Å². The third-order valence-electron chi connectivity index (χ3n) is 2.50. The molecule has 0 saturated heterocycles. The molecule has 1 unspecified atom stereocenters. The Morgan fingerprint density at radius 1 is 1.50 bits per heavy atom. The summed E-state index contributed by atoms with van der Waals surface area (Å²) < 4.78 is 4.97. The number of rotatable bonds is 8. The van der Waals surface area contributed by atoms with Crippen LogP contribution in [-0.2, 0) is 11.2 Å². The van der Waals surface area contributed by atoms with Crippen LogP contribution in [0.15, 0.2) is 4.52 Å². The molecule has 1 rings (SSSR count). The maximum atomic E-state index is 11.5. The Kier molecular flexibility index (Phi) is 6.35. The molecule has 0 aliphatic carbocycles. The van der Waals surface area contributed by atoms with Gasteiger partial charge in [0.05, 0.1) is 6.54 Å². The van der Waals surface area contributed by atoms with Gasteiger partial charge in [0, 0.05) is 19.0 Å². The average Bonchev–Trinajstić information content (AvgIpc) is 2.71. The molecule has 0 aliphatic heterocycles. The first-order valence-electron chi connectivity index (χ1n) is 6.41. The SMILES string of the molecule is CCCC(C)NC(=O)CNCCc1nc(C)no1. The van der Waals surface area contributed by atoms with Gasteiger partial charge in [-0.3, -0.25) is 4.79 Å². The van der Waals surface area contributed by atoms with Crippen molar-refractivity contribution >= 4 is 5.91 Å². The minimum absolute atomic E-state index is 0.0256. The minimum atomic E-state index is 0.0256. The molecule has 1 aromatic rings. The van der Waals surface area contributed by atoms with E-state index in [-0.39, 0.29) is 11.9 Å². The molecule has 1 heterocycles. The van der Waals surface area contributed by atoms with E-state index in [1.165, 1.54) is 0 Å². The van der Waals surface area contributed by atoms with E-state index < -0.39 is 0 Å². The number of carbonyl (C=O) groups is 1. The number of aryl methyl sites for hydroxylation is 1. The van der Waals surface area contributed by atoms with Crippen molar-refractivity contribution in [3.63, 3.8) is 0 Å². The molecule has 102 valence electrons. The van der Waals surface area contributed by atoms with Gasteiger partial charge in [0.15, 0.2) is 5.82 Å². The average molecular weight is 254 g/mol. The van der Waals surface area contributed by atoms with Crippen LogP contribution in [0.2, 0.25) is 0 Å². The third-order valence-corrected chi connectivity index (χ3v) is 2.50. The fourth-order valence-electron chi connectivity index (χ4n) is 1.67. The van der Waals surface area contributed by atoms with Gasteiger partial charge in [-0.05, 0) is 20.3 Å². The lowest BCUT2D eigenvalue weighted by molar-refractivity contribution is -0.120. The summed E-state index contributed by atoms with van der Waals surface area (Å²) in [6.07, 6.45) is 2.72. The van der Waals surface area contributed by atoms with Crippen LogP contribution in [0.25, 0.3) is 0 Å². The monoisotopic (exact) mass is 254 g/mol. The van der Waals surface area contributed by atoms with Crippen molar-refractivity contribution in [2.24, 2.45) is 0 Å². The Labute approximate surface area is 108 Å². The fraction of sp³-hybridized carbons (Fsp3) is 0.750. The molecule has 18 heavy (non-hydrogen) atoms. The van der Waals surface area contributed by atoms with E-state index in [9.17, 15) is 4.79 Å². The van der Waals surface area contributed by atoms with Crippen molar-refractivity contribution in [1.82, 2.24) is 20.8 Å². The zero-order valence-electron chi connectivity index (χ0n) is 11.3. The number of carbonyl (C=O) groups excluding carboxylic acids is 1. The molecule has 0 spiro atoms. The Hall–Kier alpha value is -1.43. The van der Waals surface area contributed by atoms with E-state index in [4.69, 9.17) is 4.52 Å². The number of aromatic nitrogens is 2. The zero-order valence-corrected chi connectivity index (χ0v) is 11.3. The van der Waals surface area contributed by atoms with Crippen LogP contribution in [0.3, 0.4) is 0 Å². The largest absolute Gasteiger partial charge is 0.353 e. The highest BCUT2D eigenvalue weighted by molar-refractivity contribution is 5.78. The highest BCUT2D eigenvalue weighted by atomic mass is 16.5. The van der Waals surface area contributed by atoms with Crippen LogP contribution in [0.1, 0.15) is 38.4 Å². The van der Waals surface area contributed by atoms with Crippen molar-refractivity contribution in [3.05, 3.63) is 11.7 Å². The molecule has 1 amide bonds. The van der Waals surface area contributed by atoms with E-state index in [1.54, 1.807) is 6.92 Å². The second kappa shape index (κ2) is 7.81. The summed E-state index contributed by atoms with van der Waals surface area (Å²) in [5.74, 6) is 1.26. The Morgan fingerprint density at radius 3 is 2.89 bits per heavy atom. The lowest BCUT2D eigenvalue weighted by atomic mass is 10.2. The quantitative estimate of drug-likeness (QED) is 0.671. The van der Waals surface area contributed by atoms with Gasteiger partial charge < -0.3 is 15.2 Å². The van der Waals surface area contributed by atoms with Crippen molar-refractivity contribution < 1.29 is 9.32 Å². The van der Waals surface area contributed by atoms with E-state index in [0.29, 0.717) is 31.2 Å². The summed E-state index contributed by atoms with van der Waals surface area (Å²) in [6.45, 7) is 6.87. The van der Waals surface area contributed by atoms with Crippen LogP contribution >= 0.6 is 0 Å². The minimum Gasteiger partial charge on any atom is -0.353 e. The van der Waals surface area contributed by atoms with Gasteiger partial charge in [0.2, 0.25) is 11.8 Å². The van der Waals surface area contributed by atoms with Gasteiger partial charge in [-0.2, -0.15) is 4.98 Å². The van der Waals surface area contributed by atoms with Crippen molar-refractivity contribution in [2.75, 3.05) is 13.1 Å². The summed E-state index contributed by atoms with van der Waals surface area (Å²) in [4.78, 5) is 15.6. The van der Waals surface area contributed by atoms with Gasteiger partial charge >= 0.3 is 0 Å². The van der Waals surface area contributed by atoms with E-state index in [1.807, 2.05) is 6.92 Å². The lowest BCUT2D eigenvalue weighted by Gasteiger charge is -2.12. The summed E-state index contributed by atoms with van der Waals surface area (Å²) in [5, 5.41) is 9.68. The topological polar surface area (TPSA) is 80.0 Å². The van der Waals surface area contributed by atoms with Gasteiger partial charge in [-0.25, -0.2) is 0 Å². The third kappa shape index (κ3) is 5.77. The van der Waals surface area contributed by atoms with Crippen LogP contribution in [0.5, 0.6) is 0 Å². The number of hydrogen-bond donors (Lipinski definition) is 2. The molecule has 0 aliphatic rings. The van der Waals surface area contributed by atoms with Gasteiger partial charge in [0.25, 0.3) is 0 Å². The molecule has 6 nitrogen and oxygen atoms in total. The Morgan fingerprint density at radius 2 is 2.28 bits per heavy atom. The normalized spacial score (nSPS) is 12.4. The molecule has 1 aromatic heterocycles. The maximum Gasteiger partial charge on any atom is 0.234 e. The smallest absolute Gasteiger partial charge is 0.234 e. The molecule has 0 aromatic carbocycles. The molecule has 6 heteroatoms. The molecule has 1 atom stereocenters. The van der Waals surface area contributed by atoms with E-state index in [0.717, 1.165) is 12.8 Å². The number of nitrogens with zero attached hydrogens (tertiary/aromatic N) is 2. The lowest BCUT2D eigenvalue weighted by Crippen LogP contribution is -2.39. The highest BCUT2D eigenvalue weighted by Crippen LogP contribution is 1.96. The van der Waals surface area contributed by atoms with E-state index >= 15 is 0 Å². The predicted octanol–water partition coefficient (Wildman–Crippen LogP) is 0.815. The van der Waals surface area contributed by atoms with Crippen LogP contribution in [0, 0.1) is 6.92 Å². The fourth-order valence-corrected chi connectivity index (χ4v) is 1.67. The second-order valence-electron chi connectivity index (χ2n) is 4.42. The van der Waals surface area contributed by atoms with Gasteiger partial charge in [0.1, 0.15) is 0 Å².